The Balaban J connectivity index is 2.66. The van der Waals surface area contributed by atoms with Crippen LogP contribution < -0.4 is 10.6 Å². The molecular formula is C15H24ClF3N2O. The highest BCUT2D eigenvalue weighted by atomic mass is 35.5. The van der Waals surface area contributed by atoms with Gasteiger partial charge in [-0.1, -0.05) is 36.8 Å². The lowest BCUT2D eigenvalue weighted by Gasteiger charge is -2.23. The maximum absolute atomic E-state index is 12.9. The summed E-state index contributed by atoms with van der Waals surface area (Å²) >= 11 is 5.77. The molecule has 128 valence electrons. The first-order valence-corrected chi connectivity index (χ1v) is 7.98. The van der Waals surface area contributed by atoms with E-state index in [0.29, 0.717) is 25.8 Å². The molecule has 22 heavy (non-hydrogen) atoms. The molecule has 1 aliphatic rings. The lowest BCUT2D eigenvalue weighted by Crippen LogP contribution is -2.47. The van der Waals surface area contributed by atoms with Crippen LogP contribution in [-0.4, -0.2) is 30.2 Å². The average molecular weight is 341 g/mol. The molecule has 0 bridgehead atoms. The van der Waals surface area contributed by atoms with Crippen LogP contribution in [0.2, 0.25) is 0 Å². The molecule has 0 aromatic carbocycles. The molecular weight excluding hydrogens is 317 g/mol. The van der Waals surface area contributed by atoms with Crippen molar-refractivity contribution >= 4 is 11.6 Å². The summed E-state index contributed by atoms with van der Waals surface area (Å²) in [4.78, 5) is 0. The standard InChI is InChI=1S/C15H24ClF3N2O/c1-2-10-20-14(22)21-11-6-3-4-9-13(16)12(8-5-7-11)15(17,18)19/h5,8-9,11-12,14,20-22H,2-4,6-7,10H2,1H3/b8-5+,13-9+/t11-,12-,14?/m0/s1. The van der Waals surface area contributed by atoms with Crippen LogP contribution in [0.1, 0.15) is 39.0 Å². The van der Waals surface area contributed by atoms with E-state index in [1.165, 1.54) is 12.2 Å². The number of nitrogens with one attached hydrogen (secondary N) is 2. The summed E-state index contributed by atoms with van der Waals surface area (Å²) in [6.45, 7) is 2.66. The molecule has 0 amide bonds. The van der Waals surface area contributed by atoms with Gasteiger partial charge < -0.3 is 5.11 Å². The third-order valence-electron chi connectivity index (χ3n) is 3.48. The maximum atomic E-state index is 12.9. The van der Waals surface area contributed by atoms with Gasteiger partial charge in [0.25, 0.3) is 0 Å². The van der Waals surface area contributed by atoms with Crippen LogP contribution in [0, 0.1) is 5.92 Å². The van der Waals surface area contributed by atoms with Crippen LogP contribution in [-0.2, 0) is 0 Å². The number of halogens is 4. The fourth-order valence-electron chi connectivity index (χ4n) is 2.30. The molecule has 3 nitrogen and oxygen atoms in total. The summed E-state index contributed by atoms with van der Waals surface area (Å²) in [5, 5.41) is 15.5. The minimum Gasteiger partial charge on any atom is -0.365 e. The highest BCUT2D eigenvalue weighted by molar-refractivity contribution is 6.30. The van der Waals surface area contributed by atoms with Crippen LogP contribution in [0.5, 0.6) is 0 Å². The van der Waals surface area contributed by atoms with Crippen LogP contribution >= 0.6 is 11.6 Å². The van der Waals surface area contributed by atoms with E-state index in [2.05, 4.69) is 10.6 Å². The Labute approximate surface area is 134 Å². The van der Waals surface area contributed by atoms with Gasteiger partial charge in [0.15, 0.2) is 6.35 Å². The van der Waals surface area contributed by atoms with E-state index < -0.39 is 18.4 Å². The smallest absolute Gasteiger partial charge is 0.365 e. The Morgan fingerprint density at radius 2 is 2.18 bits per heavy atom. The molecule has 0 aromatic rings. The predicted octanol–water partition coefficient (Wildman–Crippen LogP) is 3.65. The Morgan fingerprint density at radius 3 is 2.82 bits per heavy atom. The molecule has 0 aliphatic heterocycles. The van der Waals surface area contributed by atoms with E-state index in [1.54, 1.807) is 0 Å². The zero-order valence-corrected chi connectivity index (χ0v) is 13.4. The van der Waals surface area contributed by atoms with Crippen molar-refractivity contribution in [1.82, 2.24) is 10.6 Å². The minimum atomic E-state index is -4.38. The second kappa shape index (κ2) is 9.55. The quantitative estimate of drug-likeness (QED) is 0.528. The largest absolute Gasteiger partial charge is 0.399 e. The minimum absolute atomic E-state index is 0.0743. The summed E-state index contributed by atoms with van der Waals surface area (Å²) in [6.07, 6.45) is 2.08. The van der Waals surface area contributed by atoms with Gasteiger partial charge in [0.05, 0.1) is 0 Å². The van der Waals surface area contributed by atoms with E-state index in [1.807, 2.05) is 6.92 Å². The van der Waals surface area contributed by atoms with E-state index in [4.69, 9.17) is 11.6 Å². The van der Waals surface area contributed by atoms with Gasteiger partial charge in [0, 0.05) is 11.1 Å². The highest BCUT2D eigenvalue weighted by Gasteiger charge is 2.39. The number of aliphatic hydroxyl groups is 1. The molecule has 7 heteroatoms. The molecule has 0 aromatic heterocycles. The van der Waals surface area contributed by atoms with Gasteiger partial charge in [0.2, 0.25) is 0 Å². The van der Waals surface area contributed by atoms with Gasteiger partial charge in [-0.25, -0.2) is 0 Å². The van der Waals surface area contributed by atoms with E-state index in [9.17, 15) is 18.3 Å². The molecule has 1 unspecified atom stereocenters. The maximum Gasteiger partial charge on any atom is 0.399 e. The summed E-state index contributed by atoms with van der Waals surface area (Å²) in [7, 11) is 0. The molecule has 0 heterocycles. The van der Waals surface area contributed by atoms with Gasteiger partial charge in [0.1, 0.15) is 5.92 Å². The van der Waals surface area contributed by atoms with Crippen molar-refractivity contribution in [1.29, 1.82) is 0 Å². The van der Waals surface area contributed by atoms with Crippen LogP contribution in [0.25, 0.3) is 0 Å². The van der Waals surface area contributed by atoms with Crippen molar-refractivity contribution in [2.75, 3.05) is 6.54 Å². The van der Waals surface area contributed by atoms with Gasteiger partial charge in [-0.05, 0) is 38.6 Å². The third-order valence-corrected chi connectivity index (χ3v) is 3.87. The van der Waals surface area contributed by atoms with Crippen molar-refractivity contribution in [3.63, 3.8) is 0 Å². The monoisotopic (exact) mass is 340 g/mol. The highest BCUT2D eigenvalue weighted by Crippen LogP contribution is 2.35. The number of hydrogen-bond acceptors (Lipinski definition) is 3. The Hall–Kier alpha value is -0.560. The fraction of sp³-hybridized carbons (Fsp3) is 0.733. The molecule has 1 aliphatic carbocycles. The number of alkyl halides is 3. The SMILES string of the molecule is CCCNC(O)N[C@@H]1C/C=C/[C@H](C(F)(F)F)/C(Cl)=C\CCC1. The Morgan fingerprint density at radius 1 is 1.45 bits per heavy atom. The summed E-state index contributed by atoms with van der Waals surface area (Å²) in [5.41, 5.74) is 0. The molecule has 1 rings (SSSR count). The van der Waals surface area contributed by atoms with Crippen LogP contribution in [0.3, 0.4) is 0 Å². The first-order chi connectivity index (χ1) is 10.3. The molecule has 0 fully saturated rings. The van der Waals surface area contributed by atoms with Crippen molar-refractivity contribution in [3.8, 4) is 0 Å². The van der Waals surface area contributed by atoms with Crippen LogP contribution in [0.4, 0.5) is 13.2 Å². The lowest BCUT2D eigenvalue weighted by atomic mass is 10.00. The molecule has 0 saturated heterocycles. The number of rotatable bonds is 5. The van der Waals surface area contributed by atoms with E-state index in [0.717, 1.165) is 18.9 Å². The number of allylic oxidation sites excluding steroid dienone is 3. The summed E-state index contributed by atoms with van der Waals surface area (Å²) < 4.78 is 38.8. The molecule has 0 radical (unpaired) electrons. The van der Waals surface area contributed by atoms with Gasteiger partial charge in [-0.2, -0.15) is 13.2 Å². The van der Waals surface area contributed by atoms with E-state index >= 15 is 0 Å². The van der Waals surface area contributed by atoms with E-state index in [-0.39, 0.29) is 11.1 Å². The second-order valence-corrected chi connectivity index (χ2v) is 5.86. The number of hydrogen-bond donors (Lipinski definition) is 3. The lowest BCUT2D eigenvalue weighted by molar-refractivity contribution is -0.150. The zero-order chi connectivity index (χ0) is 16.6. The van der Waals surface area contributed by atoms with Crippen molar-refractivity contribution < 1.29 is 18.3 Å². The zero-order valence-electron chi connectivity index (χ0n) is 12.7. The normalized spacial score (nSPS) is 29.5. The van der Waals surface area contributed by atoms with Crippen molar-refractivity contribution in [2.45, 2.75) is 57.6 Å². The third kappa shape index (κ3) is 7.13. The molecule has 0 saturated carbocycles. The summed E-state index contributed by atoms with van der Waals surface area (Å²) in [5.74, 6) is -1.74. The van der Waals surface area contributed by atoms with Crippen molar-refractivity contribution in [2.24, 2.45) is 5.92 Å². The fourth-order valence-corrected chi connectivity index (χ4v) is 2.61. The first kappa shape index (κ1) is 19.5. The predicted molar refractivity (Wildman–Crippen MR) is 82.3 cm³/mol. The van der Waals surface area contributed by atoms with Gasteiger partial charge >= 0.3 is 6.18 Å². The van der Waals surface area contributed by atoms with Gasteiger partial charge in [-0.15, -0.1) is 0 Å². The van der Waals surface area contributed by atoms with Crippen LogP contribution in [0.15, 0.2) is 23.3 Å². The Kier molecular flexibility index (Phi) is 8.46. The topological polar surface area (TPSA) is 44.3 Å². The first-order valence-electron chi connectivity index (χ1n) is 7.61. The summed E-state index contributed by atoms with van der Waals surface area (Å²) in [6, 6.07) is -0.0743. The van der Waals surface area contributed by atoms with Crippen molar-refractivity contribution in [3.05, 3.63) is 23.3 Å². The number of aliphatic hydroxyl groups excluding tert-OH is 1. The average Bonchev–Trinajstić information content (AvgIpc) is 2.43. The molecule has 3 N–H and O–H groups in total. The molecule has 0 spiro atoms. The second-order valence-electron chi connectivity index (χ2n) is 5.42. The van der Waals surface area contributed by atoms with Gasteiger partial charge in [-0.3, -0.25) is 10.6 Å². The molecule has 3 atom stereocenters. The Bertz CT molecular complexity index is 385.